The average Bonchev–Trinajstić information content (AvgIpc) is 3.12. The fourth-order valence-electron chi connectivity index (χ4n) is 2.33. The van der Waals surface area contributed by atoms with E-state index in [0.29, 0.717) is 17.1 Å². The summed E-state index contributed by atoms with van der Waals surface area (Å²) >= 11 is 1.68. The molecule has 0 saturated heterocycles. The Hall–Kier alpha value is -2.08. The fraction of sp³-hybridized carbons (Fsp3) is 0.412. The highest BCUT2D eigenvalue weighted by Crippen LogP contribution is 2.14. The summed E-state index contributed by atoms with van der Waals surface area (Å²) in [6.45, 7) is 5.50. The van der Waals surface area contributed by atoms with Crippen LogP contribution in [-0.2, 0) is 11.2 Å². The van der Waals surface area contributed by atoms with Crippen LogP contribution in [0.3, 0.4) is 0 Å². The molecule has 124 valence electrons. The SMILES string of the molecule is Cc1cc(C(=O)NCC(=O)N(C)[C@H](C)Cc2cccs2)c(C)o1. The molecule has 2 heterocycles. The summed E-state index contributed by atoms with van der Waals surface area (Å²) in [4.78, 5) is 27.2. The number of thiophene rings is 1. The number of rotatable bonds is 6. The molecule has 0 spiro atoms. The summed E-state index contributed by atoms with van der Waals surface area (Å²) in [6, 6.07) is 5.82. The molecule has 0 saturated carbocycles. The number of hydrogen-bond donors (Lipinski definition) is 1. The van der Waals surface area contributed by atoms with Gasteiger partial charge in [0.2, 0.25) is 5.91 Å². The largest absolute Gasteiger partial charge is 0.466 e. The van der Waals surface area contributed by atoms with Crippen LogP contribution >= 0.6 is 11.3 Å². The van der Waals surface area contributed by atoms with Crippen molar-refractivity contribution in [1.82, 2.24) is 10.2 Å². The van der Waals surface area contributed by atoms with Crippen LogP contribution in [0.15, 0.2) is 28.0 Å². The van der Waals surface area contributed by atoms with E-state index in [4.69, 9.17) is 4.42 Å². The molecule has 6 heteroatoms. The van der Waals surface area contributed by atoms with E-state index in [1.165, 1.54) is 4.88 Å². The maximum atomic E-state index is 12.2. The number of aryl methyl sites for hydroxylation is 2. The molecule has 0 aliphatic heterocycles. The van der Waals surface area contributed by atoms with E-state index >= 15 is 0 Å². The van der Waals surface area contributed by atoms with Crippen LogP contribution in [0.4, 0.5) is 0 Å². The highest BCUT2D eigenvalue weighted by molar-refractivity contribution is 7.09. The lowest BCUT2D eigenvalue weighted by molar-refractivity contribution is -0.130. The highest BCUT2D eigenvalue weighted by Gasteiger charge is 2.19. The zero-order valence-electron chi connectivity index (χ0n) is 13.9. The Kier molecular flexibility index (Phi) is 5.60. The van der Waals surface area contributed by atoms with Gasteiger partial charge in [0.15, 0.2) is 0 Å². The molecule has 0 aromatic carbocycles. The molecular weight excluding hydrogens is 312 g/mol. The second kappa shape index (κ2) is 7.46. The van der Waals surface area contributed by atoms with Gasteiger partial charge in [-0.1, -0.05) is 6.07 Å². The minimum absolute atomic E-state index is 0.0201. The normalized spacial score (nSPS) is 12.0. The molecule has 0 fully saturated rings. The Labute approximate surface area is 140 Å². The van der Waals surface area contributed by atoms with E-state index in [1.54, 1.807) is 43.2 Å². The maximum absolute atomic E-state index is 12.2. The summed E-state index contributed by atoms with van der Waals surface area (Å²) in [5.74, 6) is 0.847. The van der Waals surface area contributed by atoms with Crippen LogP contribution in [0.2, 0.25) is 0 Å². The average molecular weight is 334 g/mol. The van der Waals surface area contributed by atoms with Crippen LogP contribution in [0.25, 0.3) is 0 Å². The van der Waals surface area contributed by atoms with E-state index in [1.807, 2.05) is 18.4 Å². The van der Waals surface area contributed by atoms with Crippen molar-refractivity contribution in [3.8, 4) is 0 Å². The first-order valence-corrected chi connectivity index (χ1v) is 8.39. The molecule has 23 heavy (non-hydrogen) atoms. The van der Waals surface area contributed by atoms with Crippen molar-refractivity contribution in [1.29, 1.82) is 0 Å². The zero-order valence-corrected chi connectivity index (χ0v) is 14.7. The monoisotopic (exact) mass is 334 g/mol. The molecule has 2 aromatic heterocycles. The Morgan fingerprint density at radius 2 is 2.13 bits per heavy atom. The van der Waals surface area contributed by atoms with E-state index in [2.05, 4.69) is 11.4 Å². The molecule has 2 rings (SSSR count). The summed E-state index contributed by atoms with van der Waals surface area (Å²) in [5, 5.41) is 4.69. The molecule has 0 aliphatic rings. The maximum Gasteiger partial charge on any atom is 0.255 e. The fourth-order valence-corrected chi connectivity index (χ4v) is 3.16. The molecule has 0 bridgehead atoms. The second-order valence-electron chi connectivity index (χ2n) is 5.65. The highest BCUT2D eigenvalue weighted by atomic mass is 32.1. The second-order valence-corrected chi connectivity index (χ2v) is 6.68. The van der Waals surface area contributed by atoms with Crippen LogP contribution in [0, 0.1) is 13.8 Å². The Balaban J connectivity index is 1.86. The van der Waals surface area contributed by atoms with Crippen molar-refractivity contribution >= 4 is 23.2 Å². The summed E-state index contributed by atoms with van der Waals surface area (Å²) in [5.41, 5.74) is 0.476. The van der Waals surface area contributed by atoms with Gasteiger partial charge >= 0.3 is 0 Å². The third-order valence-corrected chi connectivity index (χ3v) is 4.72. The predicted octanol–water partition coefficient (Wildman–Crippen LogP) is 2.78. The van der Waals surface area contributed by atoms with Gasteiger partial charge in [-0.25, -0.2) is 0 Å². The van der Waals surface area contributed by atoms with Crippen molar-refractivity contribution in [3.05, 3.63) is 45.5 Å². The Morgan fingerprint density at radius 1 is 1.39 bits per heavy atom. The van der Waals surface area contributed by atoms with Gasteiger partial charge in [0, 0.05) is 24.4 Å². The van der Waals surface area contributed by atoms with Crippen LogP contribution in [-0.4, -0.2) is 36.3 Å². The third-order valence-electron chi connectivity index (χ3n) is 3.82. The van der Waals surface area contributed by atoms with Gasteiger partial charge < -0.3 is 14.6 Å². The first-order valence-electron chi connectivity index (χ1n) is 7.51. The number of amides is 2. The predicted molar refractivity (Wildman–Crippen MR) is 90.8 cm³/mol. The van der Waals surface area contributed by atoms with Gasteiger partial charge in [-0.3, -0.25) is 9.59 Å². The number of nitrogens with one attached hydrogen (secondary N) is 1. The Bertz CT molecular complexity index is 676. The van der Waals surface area contributed by atoms with E-state index in [-0.39, 0.29) is 24.4 Å². The van der Waals surface area contributed by atoms with Crippen molar-refractivity contribution in [2.24, 2.45) is 0 Å². The third kappa shape index (κ3) is 4.45. The number of nitrogens with zero attached hydrogens (tertiary/aromatic N) is 1. The first kappa shape index (κ1) is 17.3. The van der Waals surface area contributed by atoms with Gasteiger partial charge in [0.1, 0.15) is 11.5 Å². The molecule has 0 unspecified atom stereocenters. The summed E-state index contributed by atoms with van der Waals surface area (Å²) < 4.78 is 5.33. The number of likely N-dealkylation sites (N-methyl/N-ethyl adjacent to an activating group) is 1. The van der Waals surface area contributed by atoms with Crippen molar-refractivity contribution in [2.45, 2.75) is 33.2 Å². The van der Waals surface area contributed by atoms with Crippen molar-refractivity contribution in [3.63, 3.8) is 0 Å². The number of hydrogen-bond acceptors (Lipinski definition) is 4. The van der Waals surface area contributed by atoms with Gasteiger partial charge in [0.25, 0.3) is 5.91 Å². The molecule has 1 N–H and O–H groups in total. The molecule has 5 nitrogen and oxygen atoms in total. The van der Waals surface area contributed by atoms with Gasteiger partial charge in [-0.05, 0) is 38.3 Å². The zero-order chi connectivity index (χ0) is 17.0. The molecule has 2 amide bonds. The smallest absolute Gasteiger partial charge is 0.255 e. The standard InChI is InChI=1S/C17H22N2O3S/c1-11(8-14-6-5-7-23-14)19(4)16(20)10-18-17(21)15-9-12(2)22-13(15)3/h5-7,9,11H,8,10H2,1-4H3,(H,18,21)/t11-/m1/s1. The summed E-state index contributed by atoms with van der Waals surface area (Å²) in [7, 11) is 1.76. The van der Waals surface area contributed by atoms with Gasteiger partial charge in [0.05, 0.1) is 12.1 Å². The molecular formula is C17H22N2O3S. The molecule has 1 atom stereocenters. The van der Waals surface area contributed by atoms with Crippen molar-refractivity contribution in [2.75, 3.05) is 13.6 Å². The minimum atomic E-state index is -0.285. The Morgan fingerprint density at radius 3 is 2.70 bits per heavy atom. The van der Waals surface area contributed by atoms with Gasteiger partial charge in [-0.2, -0.15) is 0 Å². The quantitative estimate of drug-likeness (QED) is 0.883. The molecule has 0 radical (unpaired) electrons. The number of furan rings is 1. The topological polar surface area (TPSA) is 62.6 Å². The van der Waals surface area contributed by atoms with Crippen LogP contribution < -0.4 is 5.32 Å². The van der Waals surface area contributed by atoms with E-state index in [9.17, 15) is 9.59 Å². The van der Waals surface area contributed by atoms with Crippen LogP contribution in [0.1, 0.15) is 33.7 Å². The minimum Gasteiger partial charge on any atom is -0.466 e. The lowest BCUT2D eigenvalue weighted by Gasteiger charge is -2.24. The van der Waals surface area contributed by atoms with Gasteiger partial charge in [-0.15, -0.1) is 11.3 Å². The van der Waals surface area contributed by atoms with E-state index in [0.717, 1.165) is 6.42 Å². The van der Waals surface area contributed by atoms with Crippen LogP contribution in [0.5, 0.6) is 0 Å². The van der Waals surface area contributed by atoms with Crippen molar-refractivity contribution < 1.29 is 14.0 Å². The number of carbonyl (C=O) groups excluding carboxylic acids is 2. The lowest BCUT2D eigenvalue weighted by atomic mass is 10.2. The molecule has 0 aliphatic carbocycles. The lowest BCUT2D eigenvalue weighted by Crippen LogP contribution is -2.43. The first-order chi connectivity index (χ1) is 10.9. The number of carbonyl (C=O) groups is 2. The summed E-state index contributed by atoms with van der Waals surface area (Å²) in [6.07, 6.45) is 0.813. The molecule has 2 aromatic rings. The van der Waals surface area contributed by atoms with E-state index < -0.39 is 0 Å².